The average molecular weight is 364 g/mol. The van der Waals surface area contributed by atoms with Crippen molar-refractivity contribution in [1.82, 2.24) is 15.2 Å². The predicted molar refractivity (Wildman–Crippen MR) is 112 cm³/mol. The first-order chi connectivity index (χ1) is 13.8. The number of pyridine rings is 1. The van der Waals surface area contributed by atoms with Gasteiger partial charge in [-0.1, -0.05) is 65.8 Å². The Hall–Kier alpha value is -3.99. The summed E-state index contributed by atoms with van der Waals surface area (Å²) in [6, 6.07) is 18.7. The molecule has 4 aliphatic rings. The Kier molecular flexibility index (Phi) is 4.03. The van der Waals surface area contributed by atoms with E-state index in [1.807, 2.05) is 12.1 Å². The molecule has 0 fully saturated rings. The molecule has 2 aromatic heterocycles. The van der Waals surface area contributed by atoms with Crippen molar-refractivity contribution >= 4 is 36.0 Å². The molecule has 28 heavy (non-hydrogen) atoms. The molecular formula is C23H16N4O. The molecule has 1 N–H and O–H groups in total. The van der Waals surface area contributed by atoms with Crippen LogP contribution >= 0.6 is 0 Å². The summed E-state index contributed by atoms with van der Waals surface area (Å²) in [4.78, 5) is 4.07. The molecule has 4 aliphatic carbocycles. The zero-order valence-electron chi connectivity index (χ0n) is 14.9. The molecule has 2 heterocycles. The van der Waals surface area contributed by atoms with Crippen LogP contribution in [0.15, 0.2) is 71.4 Å². The SMILES string of the molecule is C1=C\c2ccc(c(-c3nnc(Nc4cccnc4)o3)c2)/C=C\c2ccc/1cc2. The highest BCUT2D eigenvalue weighted by Gasteiger charge is 2.13. The molecule has 2 aromatic carbocycles. The monoisotopic (exact) mass is 364 g/mol. The Morgan fingerprint density at radius 3 is 2.29 bits per heavy atom. The molecular weight excluding hydrogens is 348 g/mol. The van der Waals surface area contributed by atoms with E-state index in [1.165, 1.54) is 0 Å². The number of nitrogens with zero attached hydrogens (tertiary/aromatic N) is 3. The summed E-state index contributed by atoms with van der Waals surface area (Å²) in [6.45, 7) is 0. The van der Waals surface area contributed by atoms with E-state index in [2.05, 4.69) is 87.3 Å². The van der Waals surface area contributed by atoms with Gasteiger partial charge in [0.15, 0.2) is 0 Å². The van der Waals surface area contributed by atoms with Gasteiger partial charge in [0.25, 0.3) is 0 Å². The number of nitrogens with one attached hydrogen (secondary N) is 1. The highest BCUT2D eigenvalue weighted by atomic mass is 16.4. The maximum atomic E-state index is 5.87. The molecule has 0 amide bonds. The van der Waals surface area contributed by atoms with Gasteiger partial charge in [-0.2, -0.15) is 0 Å². The summed E-state index contributed by atoms with van der Waals surface area (Å²) in [5.74, 6) is 0.465. The summed E-state index contributed by atoms with van der Waals surface area (Å²) in [6.07, 6.45) is 11.7. The van der Waals surface area contributed by atoms with Crippen molar-refractivity contribution in [2.75, 3.05) is 5.32 Å². The van der Waals surface area contributed by atoms with Crippen molar-refractivity contribution in [2.24, 2.45) is 0 Å². The van der Waals surface area contributed by atoms with Crippen molar-refractivity contribution in [3.05, 3.63) is 89.2 Å². The Morgan fingerprint density at radius 1 is 0.750 bits per heavy atom. The van der Waals surface area contributed by atoms with Crippen LogP contribution in [-0.4, -0.2) is 15.2 Å². The Balaban J connectivity index is 1.54. The maximum absolute atomic E-state index is 5.87. The third-order valence-electron chi connectivity index (χ3n) is 4.51. The molecule has 4 bridgehead atoms. The molecule has 0 aliphatic heterocycles. The molecule has 0 saturated heterocycles. The summed E-state index contributed by atoms with van der Waals surface area (Å²) in [5, 5.41) is 11.4. The first-order valence-electron chi connectivity index (χ1n) is 8.95. The number of hydrogen-bond acceptors (Lipinski definition) is 5. The lowest BCUT2D eigenvalue weighted by atomic mass is 10.00. The molecule has 0 radical (unpaired) electrons. The van der Waals surface area contributed by atoms with Gasteiger partial charge >= 0.3 is 6.01 Å². The lowest BCUT2D eigenvalue weighted by Crippen LogP contribution is -1.90. The van der Waals surface area contributed by atoms with Gasteiger partial charge < -0.3 is 9.73 Å². The van der Waals surface area contributed by atoms with Gasteiger partial charge in [-0.15, -0.1) is 5.10 Å². The second kappa shape index (κ2) is 6.96. The fourth-order valence-electron chi connectivity index (χ4n) is 3.05. The largest absolute Gasteiger partial charge is 0.403 e. The van der Waals surface area contributed by atoms with Gasteiger partial charge in [0.2, 0.25) is 5.89 Å². The summed E-state index contributed by atoms with van der Waals surface area (Å²) >= 11 is 0. The number of hydrogen-bond donors (Lipinski definition) is 1. The highest BCUT2D eigenvalue weighted by Crippen LogP contribution is 2.29. The zero-order valence-corrected chi connectivity index (χ0v) is 14.9. The molecule has 5 nitrogen and oxygen atoms in total. The van der Waals surface area contributed by atoms with Crippen LogP contribution in [0.2, 0.25) is 0 Å². The minimum atomic E-state index is 0.329. The first-order valence-corrected chi connectivity index (χ1v) is 8.95. The van der Waals surface area contributed by atoms with E-state index >= 15 is 0 Å². The van der Waals surface area contributed by atoms with Gasteiger partial charge in [0.1, 0.15) is 0 Å². The number of aromatic nitrogens is 3. The number of anilines is 2. The van der Waals surface area contributed by atoms with Gasteiger partial charge in [-0.25, -0.2) is 0 Å². The highest BCUT2D eigenvalue weighted by molar-refractivity contribution is 5.82. The summed E-state index contributed by atoms with van der Waals surface area (Å²) in [5.41, 5.74) is 6.05. The molecule has 4 aromatic rings. The Morgan fingerprint density at radius 2 is 1.50 bits per heavy atom. The van der Waals surface area contributed by atoms with E-state index in [9.17, 15) is 0 Å². The molecule has 0 atom stereocenters. The molecule has 0 unspecified atom stereocenters. The van der Waals surface area contributed by atoms with Crippen LogP contribution < -0.4 is 5.32 Å². The van der Waals surface area contributed by atoms with Crippen molar-refractivity contribution < 1.29 is 4.42 Å². The Labute approximate surface area is 162 Å². The van der Waals surface area contributed by atoms with E-state index in [1.54, 1.807) is 12.4 Å². The molecule has 5 heteroatoms. The van der Waals surface area contributed by atoms with Crippen molar-refractivity contribution in [3.8, 4) is 11.5 Å². The third kappa shape index (κ3) is 3.33. The smallest absolute Gasteiger partial charge is 0.320 e. The van der Waals surface area contributed by atoms with E-state index in [4.69, 9.17) is 4.42 Å². The predicted octanol–water partition coefficient (Wildman–Crippen LogP) is 5.53. The van der Waals surface area contributed by atoms with Crippen LogP contribution in [0.25, 0.3) is 35.8 Å². The third-order valence-corrected chi connectivity index (χ3v) is 4.51. The van der Waals surface area contributed by atoms with Crippen molar-refractivity contribution in [1.29, 1.82) is 0 Å². The van der Waals surface area contributed by atoms with E-state index in [0.29, 0.717) is 11.9 Å². The lowest BCUT2D eigenvalue weighted by Gasteiger charge is -2.06. The normalized spacial score (nSPS) is 14.3. The second-order valence-electron chi connectivity index (χ2n) is 6.46. The number of benzene rings is 2. The van der Waals surface area contributed by atoms with Crippen LogP contribution in [0.1, 0.15) is 22.3 Å². The molecule has 0 saturated carbocycles. The van der Waals surface area contributed by atoms with E-state index in [-0.39, 0.29) is 0 Å². The van der Waals surface area contributed by atoms with Gasteiger partial charge in [0.05, 0.1) is 11.9 Å². The van der Waals surface area contributed by atoms with Crippen LogP contribution in [0.3, 0.4) is 0 Å². The van der Waals surface area contributed by atoms with Gasteiger partial charge in [-0.05, 0) is 40.5 Å². The fourth-order valence-corrected chi connectivity index (χ4v) is 3.05. The molecule has 8 rings (SSSR count). The Bertz CT molecular complexity index is 1170. The lowest BCUT2D eigenvalue weighted by molar-refractivity contribution is 0.587. The first kappa shape index (κ1) is 16.2. The van der Waals surface area contributed by atoms with Crippen molar-refractivity contribution in [3.63, 3.8) is 0 Å². The minimum absolute atomic E-state index is 0.329. The molecule has 0 spiro atoms. The quantitative estimate of drug-likeness (QED) is 0.456. The topological polar surface area (TPSA) is 63.8 Å². The minimum Gasteiger partial charge on any atom is -0.403 e. The van der Waals surface area contributed by atoms with Gasteiger partial charge in [-0.3, -0.25) is 4.98 Å². The average Bonchev–Trinajstić information content (AvgIpc) is 3.19. The van der Waals surface area contributed by atoms with Gasteiger partial charge in [0, 0.05) is 11.8 Å². The fraction of sp³-hybridized carbons (Fsp3) is 0. The second-order valence-corrected chi connectivity index (χ2v) is 6.46. The number of rotatable bonds is 3. The van der Waals surface area contributed by atoms with Crippen LogP contribution in [-0.2, 0) is 0 Å². The standard InChI is InChI=1S/C23H16N4O/c1-2-20(15-24-13-1)25-23-27-26-22(28-23)21-14-18-8-7-16-3-5-17(6-4-16)9-11-19(21)12-10-18/h1-15H,(H,25,27)/b8-7-,11-9-,16-7?,17-9?,18-8?,19-11?. The molecule has 134 valence electrons. The van der Waals surface area contributed by atoms with Crippen LogP contribution in [0.4, 0.5) is 11.7 Å². The van der Waals surface area contributed by atoms with Crippen LogP contribution in [0.5, 0.6) is 0 Å². The summed E-state index contributed by atoms with van der Waals surface area (Å²) in [7, 11) is 0. The van der Waals surface area contributed by atoms with Crippen LogP contribution in [0, 0.1) is 0 Å². The maximum Gasteiger partial charge on any atom is 0.320 e. The van der Waals surface area contributed by atoms with E-state index < -0.39 is 0 Å². The summed E-state index contributed by atoms with van der Waals surface area (Å²) < 4.78 is 5.87. The van der Waals surface area contributed by atoms with E-state index in [0.717, 1.165) is 33.5 Å². The zero-order chi connectivity index (χ0) is 18.8. The van der Waals surface area contributed by atoms with Crippen molar-refractivity contribution in [2.45, 2.75) is 0 Å².